The van der Waals surface area contributed by atoms with E-state index in [-0.39, 0.29) is 17.4 Å². The summed E-state index contributed by atoms with van der Waals surface area (Å²) in [6.45, 7) is 2.48. The quantitative estimate of drug-likeness (QED) is 0.804. The fraction of sp³-hybridized carbons (Fsp3) is 0.333. The molecule has 2 aromatic rings. The molecule has 0 saturated heterocycles. The first-order valence-corrected chi connectivity index (χ1v) is 10.2. The van der Waals surface area contributed by atoms with E-state index in [9.17, 15) is 8.42 Å². The van der Waals surface area contributed by atoms with E-state index >= 15 is 0 Å². The summed E-state index contributed by atoms with van der Waals surface area (Å²) in [5.74, 6) is -0.376. The van der Waals surface area contributed by atoms with Crippen molar-refractivity contribution in [2.24, 2.45) is 5.73 Å². The zero-order valence-corrected chi connectivity index (χ0v) is 16.0. The normalized spacial score (nSPS) is 25.8. The van der Waals surface area contributed by atoms with Gasteiger partial charge in [-0.05, 0) is 48.9 Å². The number of benzene rings is 2. The van der Waals surface area contributed by atoms with Crippen LogP contribution in [0, 0.1) is 0 Å². The van der Waals surface area contributed by atoms with Crippen LogP contribution in [0.1, 0.15) is 18.4 Å². The Labute approximate surface area is 157 Å². The zero-order chi connectivity index (χ0) is 18.2. The van der Waals surface area contributed by atoms with E-state index < -0.39 is 20.6 Å². The van der Waals surface area contributed by atoms with Crippen molar-refractivity contribution >= 4 is 33.0 Å². The molecule has 2 aromatic carbocycles. The Hall–Kier alpha value is -1.11. The molecular weight excluding hydrogens is 381 g/mol. The van der Waals surface area contributed by atoms with Gasteiger partial charge in [0.1, 0.15) is 0 Å². The lowest BCUT2D eigenvalue weighted by Gasteiger charge is -2.12. The highest BCUT2D eigenvalue weighted by molar-refractivity contribution is 7.92. The molecule has 134 valence electrons. The van der Waals surface area contributed by atoms with Gasteiger partial charge in [0.05, 0.1) is 22.3 Å². The van der Waals surface area contributed by atoms with Crippen molar-refractivity contribution in [2.45, 2.75) is 28.5 Å². The molecule has 1 aliphatic carbocycles. The first-order valence-electron chi connectivity index (χ1n) is 7.92. The molecule has 4 nitrogen and oxygen atoms in total. The summed E-state index contributed by atoms with van der Waals surface area (Å²) in [6, 6.07) is 13.3. The van der Waals surface area contributed by atoms with Gasteiger partial charge < -0.3 is 10.5 Å². The molecule has 1 aliphatic rings. The summed E-state index contributed by atoms with van der Waals surface area (Å²) in [5, 5.41) is 0.256. The molecule has 2 N–H and O–H groups in total. The van der Waals surface area contributed by atoms with E-state index in [1.54, 1.807) is 30.3 Å². The lowest BCUT2D eigenvalue weighted by molar-refractivity contribution is 0.125. The Morgan fingerprint density at radius 3 is 2.40 bits per heavy atom. The van der Waals surface area contributed by atoms with Crippen LogP contribution in [0.4, 0.5) is 0 Å². The minimum absolute atomic E-state index is 0.165. The van der Waals surface area contributed by atoms with Crippen LogP contribution in [-0.2, 0) is 14.6 Å². The number of sulfone groups is 1. The average molecular weight is 400 g/mol. The van der Waals surface area contributed by atoms with Gasteiger partial charge in [0.25, 0.3) is 0 Å². The lowest BCUT2D eigenvalue weighted by Crippen LogP contribution is -2.36. The van der Waals surface area contributed by atoms with Gasteiger partial charge in [0.2, 0.25) is 0 Å². The third-order valence-corrected chi connectivity index (χ3v) is 7.34. The van der Waals surface area contributed by atoms with Crippen LogP contribution in [0.3, 0.4) is 0 Å². The molecule has 7 heteroatoms. The van der Waals surface area contributed by atoms with Crippen LogP contribution in [0.5, 0.6) is 0 Å². The zero-order valence-electron chi connectivity index (χ0n) is 13.7. The summed E-state index contributed by atoms with van der Waals surface area (Å²) >= 11 is 11.9. The molecule has 0 bridgehead atoms. The van der Waals surface area contributed by atoms with E-state index in [1.807, 2.05) is 13.0 Å². The van der Waals surface area contributed by atoms with E-state index in [0.29, 0.717) is 16.7 Å². The van der Waals surface area contributed by atoms with Crippen molar-refractivity contribution in [2.75, 3.05) is 13.2 Å². The predicted molar refractivity (Wildman–Crippen MR) is 100 cm³/mol. The van der Waals surface area contributed by atoms with Crippen LogP contribution >= 0.6 is 23.2 Å². The van der Waals surface area contributed by atoms with E-state index in [1.165, 1.54) is 12.1 Å². The largest absolute Gasteiger partial charge is 0.380 e. The van der Waals surface area contributed by atoms with Gasteiger partial charge in [-0.15, -0.1) is 0 Å². The van der Waals surface area contributed by atoms with Gasteiger partial charge in [-0.3, -0.25) is 0 Å². The molecular formula is C18H19Cl2NO3S. The molecule has 1 saturated carbocycles. The highest BCUT2D eigenvalue weighted by Gasteiger charge is 2.69. The first kappa shape index (κ1) is 18.7. The Kier molecular flexibility index (Phi) is 5.15. The number of hydrogen-bond donors (Lipinski definition) is 1. The van der Waals surface area contributed by atoms with Crippen LogP contribution in [0.2, 0.25) is 10.0 Å². The van der Waals surface area contributed by atoms with Crippen LogP contribution in [0.25, 0.3) is 0 Å². The second-order valence-electron chi connectivity index (χ2n) is 6.20. The standard InChI is InChI=1S/C18H19Cl2NO3S/c1-2-24-11-18(21)16(12-4-3-5-14(20)10-12)17(18)25(22,23)15-8-6-13(19)7-9-15/h3-10,16-17H,2,11,21H2,1H3/t16-,17-,18-/m0/s1. The monoisotopic (exact) mass is 399 g/mol. The Morgan fingerprint density at radius 1 is 1.12 bits per heavy atom. The maximum absolute atomic E-state index is 13.1. The second kappa shape index (κ2) is 6.89. The van der Waals surface area contributed by atoms with Crippen molar-refractivity contribution in [3.63, 3.8) is 0 Å². The molecule has 1 fully saturated rings. The van der Waals surface area contributed by atoms with Gasteiger partial charge in [-0.1, -0.05) is 35.3 Å². The predicted octanol–water partition coefficient (Wildman–Crippen LogP) is 3.67. The SMILES string of the molecule is CCOC[C@]1(N)[C@@H](c2cccc(Cl)c2)[C@@H]1S(=O)(=O)c1ccc(Cl)cc1. The summed E-state index contributed by atoms with van der Waals surface area (Å²) in [5.41, 5.74) is 6.30. The Balaban J connectivity index is 2.01. The van der Waals surface area contributed by atoms with Gasteiger partial charge in [0.15, 0.2) is 9.84 Å². The molecule has 0 aromatic heterocycles. The molecule has 0 radical (unpaired) electrons. The summed E-state index contributed by atoms with van der Waals surface area (Å²) in [6.07, 6.45) is 0. The maximum atomic E-state index is 13.1. The fourth-order valence-corrected chi connectivity index (χ4v) is 5.91. The number of halogens is 2. The van der Waals surface area contributed by atoms with E-state index in [0.717, 1.165) is 5.56 Å². The number of ether oxygens (including phenoxy) is 1. The van der Waals surface area contributed by atoms with E-state index in [4.69, 9.17) is 33.7 Å². The van der Waals surface area contributed by atoms with Crippen LogP contribution < -0.4 is 5.73 Å². The minimum atomic E-state index is -3.64. The highest BCUT2D eigenvalue weighted by atomic mass is 35.5. The summed E-state index contributed by atoms with van der Waals surface area (Å²) in [4.78, 5) is 0.206. The molecule has 3 atom stereocenters. The number of rotatable bonds is 6. The summed E-state index contributed by atoms with van der Waals surface area (Å²) in [7, 11) is -3.64. The van der Waals surface area contributed by atoms with Gasteiger partial charge in [-0.25, -0.2) is 8.42 Å². The molecule has 3 rings (SSSR count). The smallest absolute Gasteiger partial charge is 0.183 e. The Morgan fingerprint density at radius 2 is 1.80 bits per heavy atom. The highest BCUT2D eigenvalue weighted by Crippen LogP contribution is 2.56. The Bertz CT molecular complexity index is 870. The number of hydrogen-bond acceptors (Lipinski definition) is 4. The average Bonchev–Trinajstić information content (AvgIpc) is 3.20. The minimum Gasteiger partial charge on any atom is -0.380 e. The van der Waals surface area contributed by atoms with Crippen molar-refractivity contribution in [1.29, 1.82) is 0 Å². The molecule has 0 spiro atoms. The van der Waals surface area contributed by atoms with Crippen molar-refractivity contribution in [1.82, 2.24) is 0 Å². The van der Waals surface area contributed by atoms with Crippen molar-refractivity contribution in [3.8, 4) is 0 Å². The third-order valence-electron chi connectivity index (χ3n) is 4.54. The molecule has 0 heterocycles. The van der Waals surface area contributed by atoms with Crippen LogP contribution in [-0.4, -0.2) is 32.4 Å². The molecule has 0 aliphatic heterocycles. The molecule has 0 unspecified atom stereocenters. The van der Waals surface area contributed by atoms with Gasteiger partial charge in [0, 0.05) is 22.6 Å². The molecule has 0 amide bonds. The molecule has 25 heavy (non-hydrogen) atoms. The van der Waals surface area contributed by atoms with E-state index in [2.05, 4.69) is 0 Å². The second-order valence-corrected chi connectivity index (χ2v) is 9.14. The first-order chi connectivity index (χ1) is 11.8. The third kappa shape index (κ3) is 3.44. The number of nitrogens with two attached hydrogens (primary N) is 1. The van der Waals surface area contributed by atoms with Crippen molar-refractivity contribution < 1.29 is 13.2 Å². The maximum Gasteiger partial charge on any atom is 0.183 e. The lowest BCUT2D eigenvalue weighted by atomic mass is 10.1. The fourth-order valence-electron chi connectivity index (χ4n) is 3.30. The topological polar surface area (TPSA) is 69.4 Å². The van der Waals surface area contributed by atoms with Crippen molar-refractivity contribution in [3.05, 3.63) is 64.1 Å². The van der Waals surface area contributed by atoms with Crippen LogP contribution in [0.15, 0.2) is 53.4 Å². The summed E-state index contributed by atoms with van der Waals surface area (Å²) < 4.78 is 31.8. The van der Waals surface area contributed by atoms with Gasteiger partial charge >= 0.3 is 0 Å². The van der Waals surface area contributed by atoms with Gasteiger partial charge in [-0.2, -0.15) is 0 Å².